The lowest BCUT2D eigenvalue weighted by molar-refractivity contribution is -0.137. The number of fused-ring (bicyclic) bond motifs is 1. The second-order valence-electron chi connectivity index (χ2n) is 7.73. The van der Waals surface area contributed by atoms with Crippen molar-refractivity contribution in [3.8, 4) is 0 Å². The van der Waals surface area contributed by atoms with Gasteiger partial charge >= 0.3 is 6.18 Å². The molecule has 0 saturated carbocycles. The summed E-state index contributed by atoms with van der Waals surface area (Å²) in [7, 11) is 0. The summed E-state index contributed by atoms with van der Waals surface area (Å²) < 4.78 is 38.5. The molecule has 0 saturated heterocycles. The van der Waals surface area contributed by atoms with Crippen molar-refractivity contribution < 1.29 is 13.2 Å². The maximum atomic E-state index is 12.8. The molecule has 1 N–H and O–H groups in total. The van der Waals surface area contributed by atoms with Gasteiger partial charge in [-0.1, -0.05) is 42.0 Å². The van der Waals surface area contributed by atoms with E-state index in [2.05, 4.69) is 46.4 Å². The molecule has 0 radical (unpaired) electrons. The number of pyridine rings is 1. The van der Waals surface area contributed by atoms with E-state index in [4.69, 9.17) is 0 Å². The molecule has 1 aromatic heterocycles. The van der Waals surface area contributed by atoms with Gasteiger partial charge in [0.25, 0.3) is 0 Å². The van der Waals surface area contributed by atoms with Crippen molar-refractivity contribution in [1.82, 2.24) is 4.98 Å². The van der Waals surface area contributed by atoms with Crippen LogP contribution in [0.2, 0.25) is 0 Å². The van der Waals surface area contributed by atoms with Gasteiger partial charge in [-0.15, -0.1) is 0 Å². The van der Waals surface area contributed by atoms with Gasteiger partial charge in [-0.25, -0.2) is 4.98 Å². The van der Waals surface area contributed by atoms with Crippen LogP contribution < -0.4 is 10.2 Å². The minimum atomic E-state index is -4.31. The van der Waals surface area contributed by atoms with Crippen LogP contribution in [0.3, 0.4) is 0 Å². The molecule has 1 aliphatic rings. The molecule has 0 spiro atoms. The zero-order chi connectivity index (χ0) is 21.1. The van der Waals surface area contributed by atoms with Crippen LogP contribution in [0, 0.1) is 6.92 Å². The molecule has 0 amide bonds. The van der Waals surface area contributed by atoms with Gasteiger partial charge in [0.1, 0.15) is 5.82 Å². The van der Waals surface area contributed by atoms with E-state index in [0.717, 1.165) is 48.6 Å². The number of hydrogen-bond acceptors (Lipinski definition) is 3. The van der Waals surface area contributed by atoms with Crippen LogP contribution >= 0.6 is 0 Å². The number of aryl methyl sites for hydroxylation is 2. The number of alkyl halides is 3. The van der Waals surface area contributed by atoms with Crippen molar-refractivity contribution in [3.05, 3.63) is 88.6 Å². The summed E-state index contributed by atoms with van der Waals surface area (Å²) in [5, 5.41) is 3.45. The molecule has 0 fully saturated rings. The maximum Gasteiger partial charge on any atom is 0.416 e. The van der Waals surface area contributed by atoms with Gasteiger partial charge < -0.3 is 10.2 Å². The Morgan fingerprint density at radius 1 is 0.967 bits per heavy atom. The van der Waals surface area contributed by atoms with E-state index in [9.17, 15) is 13.2 Å². The summed E-state index contributed by atoms with van der Waals surface area (Å²) in [6.45, 7) is 4.12. The second kappa shape index (κ2) is 8.38. The molecule has 4 rings (SSSR count). The molecule has 2 heterocycles. The van der Waals surface area contributed by atoms with Gasteiger partial charge in [-0.3, -0.25) is 0 Å². The summed E-state index contributed by atoms with van der Waals surface area (Å²) in [5.41, 5.74) is 4.89. The minimum Gasteiger partial charge on any atom is -0.364 e. The highest BCUT2D eigenvalue weighted by molar-refractivity contribution is 5.71. The van der Waals surface area contributed by atoms with Crippen molar-refractivity contribution >= 4 is 11.5 Å². The predicted octanol–water partition coefficient (Wildman–Crippen LogP) is 5.97. The first-order valence-electron chi connectivity index (χ1n) is 10.1. The average molecular weight is 411 g/mol. The Bertz CT molecular complexity index is 996. The van der Waals surface area contributed by atoms with Gasteiger partial charge in [0.2, 0.25) is 0 Å². The molecule has 6 heteroatoms. The highest BCUT2D eigenvalue weighted by Gasteiger charge is 2.30. The predicted molar refractivity (Wildman–Crippen MR) is 114 cm³/mol. The van der Waals surface area contributed by atoms with Gasteiger partial charge in [-0.05, 0) is 54.7 Å². The average Bonchev–Trinajstić information content (AvgIpc) is 2.73. The summed E-state index contributed by atoms with van der Waals surface area (Å²) >= 11 is 0. The molecule has 3 nitrogen and oxygen atoms in total. The molecule has 156 valence electrons. The van der Waals surface area contributed by atoms with Crippen LogP contribution in [0.1, 0.15) is 34.2 Å². The number of benzene rings is 2. The molecule has 0 atom stereocenters. The molecule has 0 aliphatic carbocycles. The van der Waals surface area contributed by atoms with Crippen LogP contribution in [-0.2, 0) is 25.7 Å². The number of nitrogens with zero attached hydrogens (tertiary/aromatic N) is 2. The largest absolute Gasteiger partial charge is 0.416 e. The fourth-order valence-corrected chi connectivity index (χ4v) is 3.82. The number of halogens is 3. The number of aromatic nitrogens is 1. The van der Waals surface area contributed by atoms with Crippen molar-refractivity contribution in [1.29, 1.82) is 0 Å². The number of rotatable bonds is 5. The molecular weight excluding hydrogens is 387 g/mol. The fourth-order valence-electron chi connectivity index (χ4n) is 3.82. The second-order valence-corrected chi connectivity index (χ2v) is 7.73. The molecule has 1 aliphatic heterocycles. The standard InChI is InChI=1S/C24H24F3N3/c1-17-4-6-18(7-5-17)15-29-23-22-20(12-13-28-23)3-2-14-30(22)16-19-8-10-21(11-9-19)24(25,26)27/h4-13H,2-3,14-16H2,1H3,(H,28,29). The Labute approximate surface area is 174 Å². The molecule has 0 unspecified atom stereocenters. The van der Waals surface area contributed by atoms with Crippen molar-refractivity contribution in [2.75, 3.05) is 16.8 Å². The van der Waals surface area contributed by atoms with E-state index in [1.54, 1.807) is 12.1 Å². The quantitative estimate of drug-likeness (QED) is 0.560. The van der Waals surface area contributed by atoms with Gasteiger partial charge in [0.05, 0.1) is 11.3 Å². The minimum absolute atomic E-state index is 0.552. The van der Waals surface area contributed by atoms with Crippen LogP contribution in [0.4, 0.5) is 24.7 Å². The smallest absolute Gasteiger partial charge is 0.364 e. The Kier molecular flexibility index (Phi) is 5.66. The first kappa shape index (κ1) is 20.3. The summed E-state index contributed by atoms with van der Waals surface area (Å²) in [6, 6.07) is 15.8. The third-order valence-corrected chi connectivity index (χ3v) is 5.43. The molecule has 3 aromatic rings. The first-order chi connectivity index (χ1) is 14.4. The first-order valence-corrected chi connectivity index (χ1v) is 10.1. The maximum absolute atomic E-state index is 12.8. The monoisotopic (exact) mass is 411 g/mol. The van der Waals surface area contributed by atoms with Crippen molar-refractivity contribution in [2.45, 2.75) is 39.0 Å². The zero-order valence-corrected chi connectivity index (χ0v) is 16.8. The summed E-state index contributed by atoms with van der Waals surface area (Å²) in [5.74, 6) is 0.819. The van der Waals surface area contributed by atoms with Crippen LogP contribution in [0.15, 0.2) is 60.8 Å². The number of nitrogens with one attached hydrogen (secondary N) is 1. The van der Waals surface area contributed by atoms with E-state index in [0.29, 0.717) is 13.1 Å². The zero-order valence-electron chi connectivity index (χ0n) is 16.8. The van der Waals surface area contributed by atoms with Gasteiger partial charge in [-0.2, -0.15) is 13.2 Å². The normalized spacial score (nSPS) is 13.8. The lowest BCUT2D eigenvalue weighted by atomic mass is 10.0. The molecular formula is C24H24F3N3. The van der Waals surface area contributed by atoms with E-state index in [1.165, 1.54) is 16.7 Å². The SMILES string of the molecule is Cc1ccc(CNc2nccc3c2N(Cc2ccc(C(F)(F)F)cc2)CCC3)cc1. The third kappa shape index (κ3) is 4.58. The lowest BCUT2D eigenvalue weighted by Gasteiger charge is -2.33. The Hall–Kier alpha value is -3.02. The Balaban J connectivity index is 1.54. The number of anilines is 2. The van der Waals surface area contributed by atoms with Crippen LogP contribution in [0.5, 0.6) is 0 Å². The highest BCUT2D eigenvalue weighted by Crippen LogP contribution is 2.35. The van der Waals surface area contributed by atoms with Gasteiger partial charge in [0.15, 0.2) is 0 Å². The topological polar surface area (TPSA) is 28.2 Å². The fraction of sp³-hybridized carbons (Fsp3) is 0.292. The lowest BCUT2D eigenvalue weighted by Crippen LogP contribution is -2.30. The molecule has 2 aromatic carbocycles. The van der Waals surface area contributed by atoms with E-state index >= 15 is 0 Å². The molecule has 0 bridgehead atoms. The molecule has 30 heavy (non-hydrogen) atoms. The van der Waals surface area contributed by atoms with E-state index < -0.39 is 11.7 Å². The van der Waals surface area contributed by atoms with E-state index in [1.807, 2.05) is 12.3 Å². The van der Waals surface area contributed by atoms with Crippen molar-refractivity contribution in [2.24, 2.45) is 0 Å². The summed E-state index contributed by atoms with van der Waals surface area (Å²) in [6.07, 6.45) is -0.513. The van der Waals surface area contributed by atoms with Crippen molar-refractivity contribution in [3.63, 3.8) is 0 Å². The van der Waals surface area contributed by atoms with Crippen LogP contribution in [0.25, 0.3) is 0 Å². The number of hydrogen-bond donors (Lipinski definition) is 1. The Morgan fingerprint density at radius 2 is 1.67 bits per heavy atom. The van der Waals surface area contributed by atoms with Crippen LogP contribution in [-0.4, -0.2) is 11.5 Å². The van der Waals surface area contributed by atoms with E-state index in [-0.39, 0.29) is 0 Å². The van der Waals surface area contributed by atoms with Gasteiger partial charge in [0, 0.05) is 25.8 Å². The Morgan fingerprint density at radius 3 is 2.37 bits per heavy atom. The highest BCUT2D eigenvalue weighted by atomic mass is 19.4. The third-order valence-electron chi connectivity index (χ3n) is 5.43. The summed E-state index contributed by atoms with van der Waals surface area (Å²) in [4.78, 5) is 6.78.